The topological polar surface area (TPSA) is 17.1 Å². The molecule has 0 N–H and O–H groups in total. The van der Waals surface area contributed by atoms with Gasteiger partial charge in [0, 0.05) is 18.6 Å². The molecule has 0 heterocycles. The van der Waals surface area contributed by atoms with Crippen molar-refractivity contribution in [3.63, 3.8) is 0 Å². The second-order valence-corrected chi connectivity index (χ2v) is 3.89. The first kappa shape index (κ1) is 12.7. The van der Waals surface area contributed by atoms with Crippen LogP contribution in [-0.2, 0) is 0 Å². The van der Waals surface area contributed by atoms with E-state index in [9.17, 15) is 18.0 Å². The van der Waals surface area contributed by atoms with Crippen molar-refractivity contribution in [3.05, 3.63) is 35.1 Å². The van der Waals surface area contributed by atoms with Gasteiger partial charge in [0.1, 0.15) is 17.5 Å². The zero-order chi connectivity index (χ0) is 12.3. The van der Waals surface area contributed by atoms with E-state index in [4.69, 9.17) is 0 Å². The summed E-state index contributed by atoms with van der Waals surface area (Å²) < 4.78 is 39.0. The Morgan fingerprint density at radius 1 is 1.25 bits per heavy atom. The summed E-state index contributed by atoms with van der Waals surface area (Å²) >= 11 is 0. The van der Waals surface area contributed by atoms with Crippen molar-refractivity contribution in [2.45, 2.75) is 26.7 Å². The van der Waals surface area contributed by atoms with Crippen molar-refractivity contribution in [2.24, 2.45) is 5.92 Å². The predicted molar refractivity (Wildman–Crippen MR) is 54.7 cm³/mol. The maximum atomic E-state index is 13.2. The number of hydrogen-bond acceptors (Lipinski definition) is 1. The van der Waals surface area contributed by atoms with Gasteiger partial charge in [0.15, 0.2) is 5.78 Å². The van der Waals surface area contributed by atoms with Crippen LogP contribution in [0, 0.1) is 23.4 Å². The van der Waals surface area contributed by atoms with E-state index in [1.807, 2.05) is 13.8 Å². The van der Waals surface area contributed by atoms with Gasteiger partial charge >= 0.3 is 0 Å². The summed E-state index contributed by atoms with van der Waals surface area (Å²) in [6.45, 7) is 3.70. The van der Waals surface area contributed by atoms with Crippen molar-refractivity contribution in [1.29, 1.82) is 0 Å². The minimum absolute atomic E-state index is 0.0522. The lowest BCUT2D eigenvalue weighted by molar-refractivity contribution is 0.0955. The number of rotatable bonds is 4. The van der Waals surface area contributed by atoms with Crippen molar-refractivity contribution >= 4 is 5.78 Å². The Balaban J connectivity index is 3.00. The van der Waals surface area contributed by atoms with Crippen molar-refractivity contribution in [1.82, 2.24) is 0 Å². The maximum absolute atomic E-state index is 13.2. The van der Waals surface area contributed by atoms with Crippen molar-refractivity contribution in [2.75, 3.05) is 0 Å². The molecule has 1 aromatic rings. The molecular formula is C12H13F3O. The Morgan fingerprint density at radius 3 is 2.19 bits per heavy atom. The van der Waals surface area contributed by atoms with Crippen LogP contribution in [0.25, 0.3) is 0 Å². The number of ketones is 1. The van der Waals surface area contributed by atoms with Gasteiger partial charge in [-0.2, -0.15) is 0 Å². The molecule has 1 unspecified atom stereocenters. The number of carbonyl (C=O) groups is 1. The monoisotopic (exact) mass is 230 g/mol. The van der Waals surface area contributed by atoms with E-state index in [-0.39, 0.29) is 12.3 Å². The Hall–Kier alpha value is -1.32. The van der Waals surface area contributed by atoms with Crippen LogP contribution >= 0.6 is 0 Å². The van der Waals surface area contributed by atoms with Crippen LogP contribution in [0.4, 0.5) is 13.2 Å². The fourth-order valence-corrected chi connectivity index (χ4v) is 1.37. The number of Topliss-reactive ketones (excluding diaryl/α,β-unsaturated/α-hetero) is 1. The van der Waals surface area contributed by atoms with Gasteiger partial charge in [0.05, 0.1) is 5.56 Å². The third kappa shape index (κ3) is 2.84. The van der Waals surface area contributed by atoms with Crippen LogP contribution in [0.1, 0.15) is 37.0 Å². The first-order chi connectivity index (χ1) is 7.45. The summed E-state index contributed by atoms with van der Waals surface area (Å²) in [6.07, 6.45) is 0.812. The lowest BCUT2D eigenvalue weighted by Gasteiger charge is -2.08. The average molecular weight is 230 g/mol. The molecule has 0 saturated heterocycles. The molecule has 1 rings (SSSR count). The Morgan fingerprint density at radius 2 is 1.75 bits per heavy atom. The van der Waals surface area contributed by atoms with Gasteiger partial charge in [-0.3, -0.25) is 4.79 Å². The summed E-state index contributed by atoms with van der Waals surface area (Å²) in [5, 5.41) is 0. The molecule has 0 bridgehead atoms. The molecule has 1 atom stereocenters. The van der Waals surface area contributed by atoms with E-state index >= 15 is 0 Å². The third-order valence-electron chi connectivity index (χ3n) is 2.52. The summed E-state index contributed by atoms with van der Waals surface area (Å²) in [5.41, 5.74) is -0.637. The van der Waals surface area contributed by atoms with Gasteiger partial charge in [-0.15, -0.1) is 0 Å². The van der Waals surface area contributed by atoms with Crippen molar-refractivity contribution in [3.8, 4) is 0 Å². The summed E-state index contributed by atoms with van der Waals surface area (Å²) in [5.74, 6) is -3.85. The lowest BCUT2D eigenvalue weighted by Crippen LogP contribution is -2.10. The average Bonchev–Trinajstić information content (AvgIpc) is 2.15. The molecule has 88 valence electrons. The molecule has 0 aromatic heterocycles. The van der Waals surface area contributed by atoms with E-state index in [1.54, 1.807) is 0 Å². The first-order valence-corrected chi connectivity index (χ1v) is 5.13. The van der Waals surface area contributed by atoms with Crippen LogP contribution in [-0.4, -0.2) is 5.78 Å². The highest BCUT2D eigenvalue weighted by Crippen LogP contribution is 2.19. The van der Waals surface area contributed by atoms with Gasteiger partial charge in [0.2, 0.25) is 0 Å². The minimum atomic E-state index is -1.13. The number of carbonyl (C=O) groups excluding carboxylic acids is 1. The predicted octanol–water partition coefficient (Wildman–Crippen LogP) is 3.72. The highest BCUT2D eigenvalue weighted by atomic mass is 19.1. The molecule has 0 amide bonds. The van der Waals surface area contributed by atoms with E-state index in [2.05, 4.69) is 0 Å². The van der Waals surface area contributed by atoms with Gasteiger partial charge in [-0.25, -0.2) is 13.2 Å². The van der Waals surface area contributed by atoms with Crippen LogP contribution in [0.3, 0.4) is 0 Å². The second kappa shape index (κ2) is 5.14. The number of halogens is 3. The Bertz CT molecular complexity index is 378. The zero-order valence-electron chi connectivity index (χ0n) is 9.19. The zero-order valence-corrected chi connectivity index (χ0v) is 9.19. The van der Waals surface area contributed by atoms with Gasteiger partial charge in [-0.1, -0.05) is 20.3 Å². The molecule has 0 fully saturated rings. The van der Waals surface area contributed by atoms with E-state index in [0.717, 1.165) is 6.42 Å². The van der Waals surface area contributed by atoms with Crippen LogP contribution in [0.2, 0.25) is 0 Å². The highest BCUT2D eigenvalue weighted by Gasteiger charge is 2.20. The maximum Gasteiger partial charge on any atom is 0.169 e. The number of hydrogen-bond donors (Lipinski definition) is 0. The molecule has 0 saturated carbocycles. The fourth-order valence-electron chi connectivity index (χ4n) is 1.37. The van der Waals surface area contributed by atoms with Crippen molar-refractivity contribution < 1.29 is 18.0 Å². The molecule has 1 aromatic carbocycles. The Kier molecular flexibility index (Phi) is 4.10. The van der Waals surface area contributed by atoms with Crippen LogP contribution in [0.5, 0.6) is 0 Å². The van der Waals surface area contributed by atoms with Crippen LogP contribution < -0.4 is 0 Å². The van der Waals surface area contributed by atoms with E-state index < -0.39 is 28.8 Å². The minimum Gasteiger partial charge on any atom is -0.294 e. The largest absolute Gasteiger partial charge is 0.294 e. The molecule has 0 radical (unpaired) electrons. The molecule has 1 nitrogen and oxygen atoms in total. The molecular weight excluding hydrogens is 217 g/mol. The fraction of sp³-hybridized carbons (Fsp3) is 0.417. The molecule has 4 heteroatoms. The second-order valence-electron chi connectivity index (χ2n) is 3.89. The summed E-state index contributed by atoms with van der Waals surface area (Å²) in [6, 6.07) is 1.04. The molecule has 0 aliphatic carbocycles. The lowest BCUT2D eigenvalue weighted by atomic mass is 9.97. The normalized spacial score (nSPS) is 12.6. The number of benzene rings is 1. The molecule has 16 heavy (non-hydrogen) atoms. The van der Waals surface area contributed by atoms with E-state index in [0.29, 0.717) is 12.1 Å². The molecule has 0 aliphatic rings. The molecule has 0 aliphatic heterocycles. The quantitative estimate of drug-likeness (QED) is 0.720. The van der Waals surface area contributed by atoms with Gasteiger partial charge < -0.3 is 0 Å². The van der Waals surface area contributed by atoms with Crippen LogP contribution in [0.15, 0.2) is 12.1 Å². The highest BCUT2D eigenvalue weighted by molar-refractivity contribution is 5.96. The van der Waals surface area contributed by atoms with E-state index in [1.165, 1.54) is 0 Å². The van der Waals surface area contributed by atoms with Gasteiger partial charge in [-0.05, 0) is 5.92 Å². The molecule has 0 spiro atoms. The summed E-state index contributed by atoms with van der Waals surface area (Å²) in [7, 11) is 0. The summed E-state index contributed by atoms with van der Waals surface area (Å²) in [4.78, 5) is 11.6. The Labute approximate surface area is 92.3 Å². The first-order valence-electron chi connectivity index (χ1n) is 5.13. The standard InChI is InChI=1S/C12H13F3O/c1-3-7(2)4-11(16)12-9(14)5-8(13)6-10(12)15/h5-7H,3-4H2,1-2H3. The SMILES string of the molecule is CCC(C)CC(=O)c1c(F)cc(F)cc1F. The third-order valence-corrected chi connectivity index (χ3v) is 2.52. The van der Waals surface area contributed by atoms with Gasteiger partial charge in [0.25, 0.3) is 0 Å². The smallest absolute Gasteiger partial charge is 0.169 e.